The van der Waals surface area contributed by atoms with Gasteiger partial charge in [-0.1, -0.05) is 24.3 Å². The summed E-state index contributed by atoms with van der Waals surface area (Å²) in [7, 11) is 1.70. The second-order valence-corrected chi connectivity index (χ2v) is 3.28. The Labute approximate surface area is 78.5 Å². The van der Waals surface area contributed by atoms with Gasteiger partial charge in [-0.25, -0.2) is 0 Å². The first-order valence-corrected chi connectivity index (χ1v) is 4.61. The number of methoxy groups -OCH3 is 1. The van der Waals surface area contributed by atoms with E-state index in [2.05, 4.69) is 24.3 Å². The summed E-state index contributed by atoms with van der Waals surface area (Å²) in [6.07, 6.45) is 1.97. The van der Waals surface area contributed by atoms with Crippen LogP contribution in [0.1, 0.15) is 17.5 Å². The van der Waals surface area contributed by atoms with E-state index >= 15 is 0 Å². The number of benzene rings is 1. The van der Waals surface area contributed by atoms with E-state index in [0.29, 0.717) is 6.61 Å². The average Bonchev–Trinajstić information content (AvgIpc) is 2.39. The highest BCUT2D eigenvalue weighted by molar-refractivity contribution is 5.27. The van der Waals surface area contributed by atoms with Crippen LogP contribution in [0.3, 0.4) is 0 Å². The summed E-state index contributed by atoms with van der Waals surface area (Å²) in [6.45, 7) is 0.675. The lowest BCUT2D eigenvalue weighted by atomic mass is 10.0. The molecule has 0 aliphatic carbocycles. The van der Waals surface area contributed by atoms with Crippen molar-refractivity contribution >= 4 is 0 Å². The van der Waals surface area contributed by atoms with Crippen LogP contribution in [-0.2, 0) is 22.5 Å². The summed E-state index contributed by atoms with van der Waals surface area (Å²) in [5.74, 6) is 0. The molecule has 0 amide bonds. The molecule has 0 bridgehead atoms. The van der Waals surface area contributed by atoms with Crippen LogP contribution < -0.4 is 0 Å². The van der Waals surface area contributed by atoms with Crippen molar-refractivity contribution in [2.45, 2.75) is 25.7 Å². The third-order valence-corrected chi connectivity index (χ3v) is 2.46. The van der Waals surface area contributed by atoms with Crippen molar-refractivity contribution in [1.29, 1.82) is 0 Å². The fraction of sp³-hybridized carbons (Fsp3) is 0.455. The van der Waals surface area contributed by atoms with Gasteiger partial charge in [-0.05, 0) is 17.5 Å². The van der Waals surface area contributed by atoms with Crippen LogP contribution in [0.25, 0.3) is 0 Å². The minimum atomic E-state index is -0.0348. The predicted molar refractivity (Wildman–Crippen MR) is 50.3 cm³/mol. The molecular weight excluding hydrogens is 164 g/mol. The maximum absolute atomic E-state index is 5.56. The SMILES string of the molecule is COC1CCc2ccccc2CO1. The minimum absolute atomic E-state index is 0.0348. The number of aryl methyl sites for hydroxylation is 1. The highest BCUT2D eigenvalue weighted by atomic mass is 16.7. The van der Waals surface area contributed by atoms with Gasteiger partial charge in [0.05, 0.1) is 6.61 Å². The highest BCUT2D eigenvalue weighted by Crippen LogP contribution is 2.19. The van der Waals surface area contributed by atoms with Crippen LogP contribution >= 0.6 is 0 Å². The monoisotopic (exact) mass is 178 g/mol. The van der Waals surface area contributed by atoms with Crippen molar-refractivity contribution in [1.82, 2.24) is 0 Å². The topological polar surface area (TPSA) is 18.5 Å². The van der Waals surface area contributed by atoms with E-state index in [1.165, 1.54) is 11.1 Å². The summed E-state index contributed by atoms with van der Waals surface area (Å²) < 4.78 is 10.7. The third kappa shape index (κ3) is 1.90. The zero-order chi connectivity index (χ0) is 9.10. The lowest BCUT2D eigenvalue weighted by Gasteiger charge is -2.11. The first kappa shape index (κ1) is 8.73. The molecule has 13 heavy (non-hydrogen) atoms. The third-order valence-electron chi connectivity index (χ3n) is 2.46. The molecule has 0 aromatic heterocycles. The number of fused-ring (bicyclic) bond motifs is 1. The Kier molecular flexibility index (Phi) is 2.62. The van der Waals surface area contributed by atoms with E-state index in [4.69, 9.17) is 9.47 Å². The van der Waals surface area contributed by atoms with E-state index in [1.807, 2.05) is 0 Å². The number of rotatable bonds is 1. The Hall–Kier alpha value is -0.860. The molecule has 0 saturated heterocycles. The molecule has 1 aliphatic rings. The molecular formula is C11H14O2. The van der Waals surface area contributed by atoms with Gasteiger partial charge in [-0.2, -0.15) is 0 Å². The van der Waals surface area contributed by atoms with Crippen LogP contribution in [0.5, 0.6) is 0 Å². The molecule has 1 aliphatic heterocycles. The fourth-order valence-corrected chi connectivity index (χ4v) is 1.67. The molecule has 0 saturated carbocycles. The van der Waals surface area contributed by atoms with Crippen molar-refractivity contribution in [2.24, 2.45) is 0 Å². The standard InChI is InChI=1S/C11H14O2/c1-12-11-7-6-9-4-2-3-5-10(9)8-13-11/h2-5,11H,6-8H2,1H3. The van der Waals surface area contributed by atoms with Crippen LogP contribution in [0.4, 0.5) is 0 Å². The molecule has 70 valence electrons. The summed E-state index contributed by atoms with van der Waals surface area (Å²) in [6, 6.07) is 8.41. The van der Waals surface area contributed by atoms with Crippen LogP contribution in [0.15, 0.2) is 24.3 Å². The molecule has 1 atom stereocenters. The molecule has 0 fully saturated rings. The summed E-state index contributed by atoms with van der Waals surface area (Å²) in [5, 5.41) is 0. The Morgan fingerprint density at radius 2 is 2.08 bits per heavy atom. The number of hydrogen-bond acceptors (Lipinski definition) is 2. The molecule has 1 heterocycles. The second-order valence-electron chi connectivity index (χ2n) is 3.28. The van der Waals surface area contributed by atoms with Crippen LogP contribution in [-0.4, -0.2) is 13.4 Å². The van der Waals surface area contributed by atoms with E-state index in [0.717, 1.165) is 12.8 Å². The molecule has 2 heteroatoms. The molecule has 0 spiro atoms. The zero-order valence-corrected chi connectivity index (χ0v) is 7.82. The van der Waals surface area contributed by atoms with Gasteiger partial charge < -0.3 is 9.47 Å². The Morgan fingerprint density at radius 3 is 2.85 bits per heavy atom. The summed E-state index contributed by atoms with van der Waals surface area (Å²) in [5.41, 5.74) is 2.68. The van der Waals surface area contributed by atoms with Gasteiger partial charge in [0.25, 0.3) is 0 Å². The molecule has 0 radical (unpaired) electrons. The maximum Gasteiger partial charge on any atom is 0.157 e. The van der Waals surface area contributed by atoms with Gasteiger partial charge in [0, 0.05) is 13.5 Å². The van der Waals surface area contributed by atoms with Gasteiger partial charge in [0.2, 0.25) is 0 Å². The second kappa shape index (κ2) is 3.90. The highest BCUT2D eigenvalue weighted by Gasteiger charge is 2.14. The average molecular weight is 178 g/mol. The lowest BCUT2D eigenvalue weighted by Crippen LogP contribution is -2.13. The Morgan fingerprint density at radius 1 is 1.31 bits per heavy atom. The lowest BCUT2D eigenvalue weighted by molar-refractivity contribution is -0.131. The first-order chi connectivity index (χ1) is 6.40. The molecule has 0 N–H and O–H groups in total. The molecule has 1 unspecified atom stereocenters. The van der Waals surface area contributed by atoms with Gasteiger partial charge in [0.1, 0.15) is 0 Å². The van der Waals surface area contributed by atoms with Crippen molar-refractivity contribution in [2.75, 3.05) is 7.11 Å². The minimum Gasteiger partial charge on any atom is -0.356 e. The fourth-order valence-electron chi connectivity index (χ4n) is 1.67. The predicted octanol–water partition coefficient (Wildman–Crippen LogP) is 2.12. The van der Waals surface area contributed by atoms with E-state index in [9.17, 15) is 0 Å². The van der Waals surface area contributed by atoms with E-state index in [-0.39, 0.29) is 6.29 Å². The molecule has 1 aromatic carbocycles. The Balaban J connectivity index is 2.17. The van der Waals surface area contributed by atoms with E-state index in [1.54, 1.807) is 7.11 Å². The van der Waals surface area contributed by atoms with E-state index < -0.39 is 0 Å². The summed E-state index contributed by atoms with van der Waals surface area (Å²) >= 11 is 0. The molecule has 1 aromatic rings. The largest absolute Gasteiger partial charge is 0.356 e. The van der Waals surface area contributed by atoms with Crippen LogP contribution in [0, 0.1) is 0 Å². The van der Waals surface area contributed by atoms with Crippen molar-refractivity contribution in [3.05, 3.63) is 35.4 Å². The first-order valence-electron chi connectivity index (χ1n) is 4.61. The quantitative estimate of drug-likeness (QED) is 0.655. The van der Waals surface area contributed by atoms with Crippen molar-refractivity contribution in [3.8, 4) is 0 Å². The summed E-state index contributed by atoms with van der Waals surface area (Å²) in [4.78, 5) is 0. The number of hydrogen-bond donors (Lipinski definition) is 0. The smallest absolute Gasteiger partial charge is 0.157 e. The van der Waals surface area contributed by atoms with Crippen LogP contribution in [0.2, 0.25) is 0 Å². The Bertz CT molecular complexity index is 256. The van der Waals surface area contributed by atoms with Gasteiger partial charge in [-0.3, -0.25) is 0 Å². The number of ether oxygens (including phenoxy) is 2. The van der Waals surface area contributed by atoms with Gasteiger partial charge >= 0.3 is 0 Å². The molecule has 2 nitrogen and oxygen atoms in total. The molecule has 2 rings (SSSR count). The normalized spacial score (nSPS) is 22.1. The van der Waals surface area contributed by atoms with Crippen molar-refractivity contribution < 1.29 is 9.47 Å². The van der Waals surface area contributed by atoms with Gasteiger partial charge in [-0.15, -0.1) is 0 Å². The zero-order valence-electron chi connectivity index (χ0n) is 7.82. The maximum atomic E-state index is 5.56. The van der Waals surface area contributed by atoms with Crippen molar-refractivity contribution in [3.63, 3.8) is 0 Å². The van der Waals surface area contributed by atoms with Gasteiger partial charge in [0.15, 0.2) is 6.29 Å².